The lowest BCUT2D eigenvalue weighted by Crippen LogP contribution is -2.41. The van der Waals surface area contributed by atoms with Crippen molar-refractivity contribution in [3.63, 3.8) is 0 Å². The molecule has 2 saturated heterocycles. The van der Waals surface area contributed by atoms with Gasteiger partial charge in [0, 0.05) is 25.2 Å². The van der Waals surface area contributed by atoms with E-state index in [1.165, 1.54) is 19.2 Å². The molecule has 5 heteroatoms. The van der Waals surface area contributed by atoms with Crippen LogP contribution < -0.4 is 10.1 Å². The molecule has 2 aliphatic rings. The molecule has 0 saturated carbocycles. The summed E-state index contributed by atoms with van der Waals surface area (Å²) in [5.41, 5.74) is 0.129. The number of likely N-dealkylation sites (tertiary alicyclic amines) is 1. The number of fused-ring (bicyclic) bond motifs is 1. The number of rotatable bonds is 2. The second kappa shape index (κ2) is 5.40. The number of ether oxygens (including phenoxy) is 1. The Bertz CT molecular complexity index is 507. The van der Waals surface area contributed by atoms with E-state index in [1.807, 2.05) is 0 Å². The standard InChI is InChI=1S/C15H19FN2O2/c1-20-11-4-5-12(13(16)7-11)15(19)18-8-10-3-2-6-17-14(10)9-18/h4-5,7,10,14,17H,2-3,6,8-9H2,1H3/t10-,14+/m0/s1. The molecule has 0 aromatic heterocycles. The monoisotopic (exact) mass is 278 g/mol. The van der Waals surface area contributed by atoms with Gasteiger partial charge in [-0.1, -0.05) is 0 Å². The molecule has 2 fully saturated rings. The van der Waals surface area contributed by atoms with Gasteiger partial charge in [-0.15, -0.1) is 0 Å². The molecule has 2 aliphatic heterocycles. The van der Waals surface area contributed by atoms with Gasteiger partial charge in [0.05, 0.1) is 12.7 Å². The summed E-state index contributed by atoms with van der Waals surface area (Å²) in [7, 11) is 1.48. The number of benzene rings is 1. The average molecular weight is 278 g/mol. The molecule has 2 heterocycles. The molecule has 2 atom stereocenters. The van der Waals surface area contributed by atoms with E-state index in [0.717, 1.165) is 25.9 Å². The molecule has 108 valence electrons. The predicted molar refractivity (Wildman–Crippen MR) is 73.4 cm³/mol. The molecule has 0 unspecified atom stereocenters. The Morgan fingerprint density at radius 1 is 1.45 bits per heavy atom. The first-order valence-corrected chi connectivity index (χ1v) is 7.05. The molecule has 1 amide bonds. The highest BCUT2D eigenvalue weighted by molar-refractivity contribution is 5.94. The van der Waals surface area contributed by atoms with Gasteiger partial charge in [-0.25, -0.2) is 4.39 Å². The number of methoxy groups -OCH3 is 1. The molecule has 3 rings (SSSR count). The minimum Gasteiger partial charge on any atom is -0.497 e. The van der Waals surface area contributed by atoms with Gasteiger partial charge in [-0.05, 0) is 37.4 Å². The second-order valence-electron chi connectivity index (χ2n) is 5.52. The second-order valence-corrected chi connectivity index (χ2v) is 5.52. The van der Waals surface area contributed by atoms with Crippen molar-refractivity contribution in [1.82, 2.24) is 10.2 Å². The van der Waals surface area contributed by atoms with Crippen molar-refractivity contribution >= 4 is 5.91 Å². The van der Waals surface area contributed by atoms with Gasteiger partial charge in [0.1, 0.15) is 11.6 Å². The smallest absolute Gasteiger partial charge is 0.256 e. The van der Waals surface area contributed by atoms with Gasteiger partial charge in [0.2, 0.25) is 0 Å². The van der Waals surface area contributed by atoms with Gasteiger partial charge in [-0.2, -0.15) is 0 Å². The number of hydrogen-bond donors (Lipinski definition) is 1. The third-order valence-corrected chi connectivity index (χ3v) is 4.29. The molecular formula is C15H19FN2O2. The highest BCUT2D eigenvalue weighted by Crippen LogP contribution is 2.27. The van der Waals surface area contributed by atoms with Gasteiger partial charge in [0.15, 0.2) is 0 Å². The fourth-order valence-electron chi connectivity index (χ4n) is 3.18. The number of carbonyl (C=O) groups is 1. The van der Waals surface area contributed by atoms with Crippen LogP contribution in [0.5, 0.6) is 5.75 Å². The lowest BCUT2D eigenvalue weighted by atomic mass is 9.94. The lowest BCUT2D eigenvalue weighted by molar-refractivity contribution is 0.0781. The van der Waals surface area contributed by atoms with Crippen LogP contribution in [0, 0.1) is 11.7 Å². The average Bonchev–Trinajstić information content (AvgIpc) is 2.90. The van der Waals surface area contributed by atoms with E-state index in [9.17, 15) is 9.18 Å². The van der Waals surface area contributed by atoms with Crippen molar-refractivity contribution in [3.05, 3.63) is 29.6 Å². The first-order valence-electron chi connectivity index (χ1n) is 7.05. The van der Waals surface area contributed by atoms with E-state index in [1.54, 1.807) is 11.0 Å². The number of piperidine rings is 1. The predicted octanol–water partition coefficient (Wildman–Crippen LogP) is 1.66. The molecule has 1 N–H and O–H groups in total. The van der Waals surface area contributed by atoms with Crippen molar-refractivity contribution in [1.29, 1.82) is 0 Å². The molecule has 20 heavy (non-hydrogen) atoms. The lowest BCUT2D eigenvalue weighted by Gasteiger charge is -2.24. The van der Waals surface area contributed by atoms with E-state index in [-0.39, 0.29) is 11.5 Å². The number of halogens is 1. The van der Waals surface area contributed by atoms with Gasteiger partial charge in [-0.3, -0.25) is 4.79 Å². The van der Waals surface area contributed by atoms with Crippen LogP contribution in [0.4, 0.5) is 4.39 Å². The number of nitrogens with zero attached hydrogens (tertiary/aromatic N) is 1. The summed E-state index contributed by atoms with van der Waals surface area (Å²) in [6.07, 6.45) is 2.30. The molecule has 0 spiro atoms. The summed E-state index contributed by atoms with van der Waals surface area (Å²) in [5.74, 6) is 0.198. The number of hydrogen-bond acceptors (Lipinski definition) is 3. The molecule has 1 aromatic rings. The Hall–Kier alpha value is -1.62. The minimum absolute atomic E-state index is 0.129. The van der Waals surface area contributed by atoms with Crippen molar-refractivity contribution in [2.24, 2.45) is 5.92 Å². The topological polar surface area (TPSA) is 41.6 Å². The largest absolute Gasteiger partial charge is 0.497 e. The summed E-state index contributed by atoms with van der Waals surface area (Å²) < 4.78 is 18.9. The maximum atomic E-state index is 14.0. The Balaban J connectivity index is 1.76. The van der Waals surface area contributed by atoms with E-state index in [2.05, 4.69) is 5.32 Å². The van der Waals surface area contributed by atoms with E-state index in [0.29, 0.717) is 24.3 Å². The summed E-state index contributed by atoms with van der Waals surface area (Å²) in [6, 6.07) is 4.76. The Morgan fingerprint density at radius 2 is 2.30 bits per heavy atom. The van der Waals surface area contributed by atoms with E-state index in [4.69, 9.17) is 4.74 Å². The first kappa shape index (κ1) is 13.4. The summed E-state index contributed by atoms with van der Waals surface area (Å²) in [6.45, 7) is 2.41. The zero-order chi connectivity index (χ0) is 14.1. The van der Waals surface area contributed by atoms with Gasteiger partial charge < -0.3 is 15.0 Å². The maximum absolute atomic E-state index is 14.0. The number of nitrogens with one attached hydrogen (secondary N) is 1. The molecule has 4 nitrogen and oxygen atoms in total. The Labute approximate surface area is 117 Å². The van der Waals surface area contributed by atoms with Crippen LogP contribution in [0.3, 0.4) is 0 Å². The summed E-state index contributed by atoms with van der Waals surface area (Å²) >= 11 is 0. The SMILES string of the molecule is COc1ccc(C(=O)N2C[C@@H]3CCCN[C@@H]3C2)c(F)c1. The molecule has 1 aromatic carbocycles. The van der Waals surface area contributed by atoms with Gasteiger partial charge >= 0.3 is 0 Å². The number of amides is 1. The zero-order valence-corrected chi connectivity index (χ0v) is 11.6. The maximum Gasteiger partial charge on any atom is 0.256 e. The van der Waals surface area contributed by atoms with Crippen LogP contribution >= 0.6 is 0 Å². The van der Waals surface area contributed by atoms with Crippen LogP contribution in [0.2, 0.25) is 0 Å². The fraction of sp³-hybridized carbons (Fsp3) is 0.533. The highest BCUT2D eigenvalue weighted by atomic mass is 19.1. The Morgan fingerprint density at radius 3 is 3.00 bits per heavy atom. The minimum atomic E-state index is -0.516. The van der Waals surface area contributed by atoms with Gasteiger partial charge in [0.25, 0.3) is 5.91 Å². The van der Waals surface area contributed by atoms with E-state index >= 15 is 0 Å². The quantitative estimate of drug-likeness (QED) is 0.894. The number of carbonyl (C=O) groups excluding carboxylic acids is 1. The van der Waals surface area contributed by atoms with Crippen LogP contribution in [0.1, 0.15) is 23.2 Å². The van der Waals surface area contributed by atoms with Crippen molar-refractivity contribution in [3.8, 4) is 5.75 Å². The van der Waals surface area contributed by atoms with Crippen LogP contribution in [0.25, 0.3) is 0 Å². The zero-order valence-electron chi connectivity index (χ0n) is 11.6. The van der Waals surface area contributed by atoms with Crippen molar-refractivity contribution in [2.75, 3.05) is 26.7 Å². The summed E-state index contributed by atoms with van der Waals surface area (Å²) in [5, 5.41) is 3.44. The van der Waals surface area contributed by atoms with Crippen molar-refractivity contribution < 1.29 is 13.9 Å². The van der Waals surface area contributed by atoms with Crippen LogP contribution in [0.15, 0.2) is 18.2 Å². The molecule has 0 radical (unpaired) electrons. The molecule has 0 aliphatic carbocycles. The first-order chi connectivity index (χ1) is 9.69. The van der Waals surface area contributed by atoms with Crippen LogP contribution in [-0.4, -0.2) is 43.6 Å². The van der Waals surface area contributed by atoms with Crippen LogP contribution in [-0.2, 0) is 0 Å². The van der Waals surface area contributed by atoms with E-state index < -0.39 is 5.82 Å². The van der Waals surface area contributed by atoms with Crippen molar-refractivity contribution in [2.45, 2.75) is 18.9 Å². The fourth-order valence-corrected chi connectivity index (χ4v) is 3.18. The summed E-state index contributed by atoms with van der Waals surface area (Å²) in [4.78, 5) is 14.2. The molecular weight excluding hydrogens is 259 g/mol. The highest BCUT2D eigenvalue weighted by Gasteiger charge is 2.37. The molecule has 0 bridgehead atoms. The third-order valence-electron chi connectivity index (χ3n) is 4.29. The normalized spacial score (nSPS) is 25.4. The Kier molecular flexibility index (Phi) is 3.61. The third kappa shape index (κ3) is 2.38.